The van der Waals surface area contributed by atoms with Gasteiger partial charge in [-0.3, -0.25) is 9.67 Å². The zero-order chi connectivity index (χ0) is 15.2. The summed E-state index contributed by atoms with van der Waals surface area (Å²) in [4.78, 5) is 4.34. The fraction of sp³-hybridized carbons (Fsp3) is 0.375. The van der Waals surface area contributed by atoms with E-state index in [1.807, 2.05) is 35.9 Å². The highest BCUT2D eigenvalue weighted by Crippen LogP contribution is 2.08. The van der Waals surface area contributed by atoms with Crippen molar-refractivity contribution in [2.75, 3.05) is 11.9 Å². The van der Waals surface area contributed by atoms with E-state index in [4.69, 9.17) is 5.73 Å². The van der Waals surface area contributed by atoms with E-state index in [0.29, 0.717) is 12.5 Å². The molecular formula is C16H23N5. The second kappa shape index (κ2) is 6.92. The molecule has 3 N–H and O–H groups in total. The summed E-state index contributed by atoms with van der Waals surface area (Å²) < 4.78 is 2.01. The lowest BCUT2D eigenvalue weighted by Crippen LogP contribution is -2.23. The van der Waals surface area contributed by atoms with Gasteiger partial charge in [0.05, 0.1) is 5.69 Å². The maximum absolute atomic E-state index is 5.87. The van der Waals surface area contributed by atoms with Crippen LogP contribution in [0.25, 0.3) is 0 Å². The van der Waals surface area contributed by atoms with Gasteiger partial charge in [0.2, 0.25) is 0 Å². The largest absolute Gasteiger partial charge is 0.370 e. The van der Waals surface area contributed by atoms with Crippen molar-refractivity contribution in [3.05, 3.63) is 47.3 Å². The van der Waals surface area contributed by atoms with Gasteiger partial charge in [-0.25, -0.2) is 0 Å². The Labute approximate surface area is 125 Å². The molecule has 112 valence electrons. The third-order valence-corrected chi connectivity index (χ3v) is 3.24. The molecular weight excluding hydrogens is 262 g/mol. The van der Waals surface area contributed by atoms with E-state index in [2.05, 4.69) is 35.3 Å². The van der Waals surface area contributed by atoms with Gasteiger partial charge in [0.1, 0.15) is 0 Å². The predicted molar refractivity (Wildman–Crippen MR) is 87.6 cm³/mol. The Hall–Kier alpha value is -2.30. The molecule has 0 radical (unpaired) electrons. The molecule has 0 atom stereocenters. The molecule has 0 saturated carbocycles. The highest BCUT2D eigenvalue weighted by atomic mass is 15.3. The van der Waals surface area contributed by atoms with Gasteiger partial charge in [0.25, 0.3) is 0 Å². The predicted octanol–water partition coefficient (Wildman–Crippen LogP) is 2.63. The Morgan fingerprint density at radius 3 is 2.57 bits per heavy atom. The van der Waals surface area contributed by atoms with E-state index >= 15 is 0 Å². The highest BCUT2D eigenvalue weighted by molar-refractivity contribution is 5.92. The van der Waals surface area contributed by atoms with Crippen molar-refractivity contribution in [3.8, 4) is 0 Å². The van der Waals surface area contributed by atoms with E-state index < -0.39 is 0 Å². The minimum Gasteiger partial charge on any atom is -0.370 e. The fourth-order valence-electron chi connectivity index (χ4n) is 2.15. The van der Waals surface area contributed by atoms with Gasteiger partial charge in [-0.05, 0) is 45.4 Å². The third-order valence-electron chi connectivity index (χ3n) is 3.24. The van der Waals surface area contributed by atoms with Crippen LogP contribution in [0.2, 0.25) is 0 Å². The van der Waals surface area contributed by atoms with Crippen LogP contribution < -0.4 is 11.1 Å². The number of anilines is 1. The standard InChI is InChI=1S/C16H23N5/c1-12-5-7-15(8-6-12)19-16(17)18-9-4-10-21-14(3)11-13(2)20-21/h5-8,11H,4,9-10H2,1-3H3,(H3,17,18,19). The van der Waals surface area contributed by atoms with Crippen LogP contribution >= 0.6 is 0 Å². The molecule has 0 bridgehead atoms. The molecule has 1 heterocycles. The van der Waals surface area contributed by atoms with Crippen molar-refractivity contribution >= 4 is 11.6 Å². The number of benzene rings is 1. The first-order chi connectivity index (χ1) is 10.0. The minimum atomic E-state index is 0.451. The average Bonchev–Trinajstić information content (AvgIpc) is 2.76. The topological polar surface area (TPSA) is 68.2 Å². The summed E-state index contributed by atoms with van der Waals surface area (Å²) in [6.07, 6.45) is 0.915. The summed E-state index contributed by atoms with van der Waals surface area (Å²) in [5.74, 6) is 0.451. The average molecular weight is 285 g/mol. The zero-order valence-corrected chi connectivity index (χ0v) is 12.9. The number of hydrogen-bond donors (Lipinski definition) is 2. The van der Waals surface area contributed by atoms with Gasteiger partial charge in [-0.1, -0.05) is 17.7 Å². The Morgan fingerprint density at radius 2 is 1.95 bits per heavy atom. The number of nitrogens with zero attached hydrogens (tertiary/aromatic N) is 3. The summed E-state index contributed by atoms with van der Waals surface area (Å²) in [7, 11) is 0. The Kier molecular flexibility index (Phi) is 4.98. The molecule has 0 aliphatic carbocycles. The van der Waals surface area contributed by atoms with Crippen molar-refractivity contribution in [2.24, 2.45) is 10.7 Å². The first kappa shape index (κ1) is 15.1. The van der Waals surface area contributed by atoms with E-state index in [9.17, 15) is 0 Å². The quantitative estimate of drug-likeness (QED) is 0.504. The molecule has 0 fully saturated rings. The van der Waals surface area contributed by atoms with Crippen molar-refractivity contribution in [3.63, 3.8) is 0 Å². The van der Waals surface area contributed by atoms with Crippen LogP contribution in [0.4, 0.5) is 5.69 Å². The smallest absolute Gasteiger partial charge is 0.193 e. The minimum absolute atomic E-state index is 0.451. The lowest BCUT2D eigenvalue weighted by atomic mass is 10.2. The first-order valence-corrected chi connectivity index (χ1v) is 7.19. The number of nitrogens with two attached hydrogens (primary N) is 1. The van der Waals surface area contributed by atoms with E-state index in [1.54, 1.807) is 0 Å². The molecule has 1 aromatic heterocycles. The lowest BCUT2D eigenvalue weighted by Gasteiger charge is -2.06. The molecule has 2 aromatic rings. The zero-order valence-electron chi connectivity index (χ0n) is 12.9. The summed E-state index contributed by atoms with van der Waals surface area (Å²) in [5, 5.41) is 7.51. The Balaban J connectivity index is 1.78. The van der Waals surface area contributed by atoms with Gasteiger partial charge in [-0.15, -0.1) is 0 Å². The molecule has 0 aliphatic heterocycles. The second-order valence-corrected chi connectivity index (χ2v) is 5.26. The SMILES string of the molecule is Cc1ccc(NC(N)=NCCCn2nc(C)cc2C)cc1. The van der Waals surface area contributed by atoms with Gasteiger partial charge >= 0.3 is 0 Å². The van der Waals surface area contributed by atoms with Crippen LogP contribution in [0.3, 0.4) is 0 Å². The summed E-state index contributed by atoms with van der Waals surface area (Å²) in [6, 6.07) is 10.1. The van der Waals surface area contributed by atoms with Crippen LogP contribution in [0.1, 0.15) is 23.4 Å². The van der Waals surface area contributed by atoms with Gasteiger partial charge in [-0.2, -0.15) is 5.10 Å². The molecule has 5 heteroatoms. The van der Waals surface area contributed by atoms with E-state index in [-0.39, 0.29) is 0 Å². The number of hydrogen-bond acceptors (Lipinski definition) is 2. The highest BCUT2D eigenvalue weighted by Gasteiger charge is 2.00. The van der Waals surface area contributed by atoms with E-state index in [1.165, 1.54) is 11.3 Å². The van der Waals surface area contributed by atoms with E-state index in [0.717, 1.165) is 24.3 Å². The fourth-order valence-corrected chi connectivity index (χ4v) is 2.15. The van der Waals surface area contributed by atoms with Crippen molar-refractivity contribution in [2.45, 2.75) is 33.7 Å². The van der Waals surface area contributed by atoms with Crippen LogP contribution in [0, 0.1) is 20.8 Å². The first-order valence-electron chi connectivity index (χ1n) is 7.19. The molecule has 0 spiro atoms. The summed E-state index contributed by atoms with van der Waals surface area (Å²) >= 11 is 0. The van der Waals surface area contributed by atoms with Crippen LogP contribution in [-0.4, -0.2) is 22.3 Å². The number of nitrogens with one attached hydrogen (secondary N) is 1. The van der Waals surface area contributed by atoms with Gasteiger partial charge in [0.15, 0.2) is 5.96 Å². The monoisotopic (exact) mass is 285 g/mol. The Bertz CT molecular complexity index is 610. The maximum Gasteiger partial charge on any atom is 0.193 e. The van der Waals surface area contributed by atoms with Gasteiger partial charge < -0.3 is 11.1 Å². The number of guanidine groups is 1. The third kappa shape index (κ3) is 4.63. The molecule has 1 aromatic carbocycles. The van der Waals surface area contributed by atoms with Crippen LogP contribution in [-0.2, 0) is 6.54 Å². The lowest BCUT2D eigenvalue weighted by molar-refractivity contribution is 0.568. The second-order valence-electron chi connectivity index (χ2n) is 5.26. The molecule has 21 heavy (non-hydrogen) atoms. The molecule has 2 rings (SSSR count). The number of aromatic nitrogens is 2. The Morgan fingerprint density at radius 1 is 1.24 bits per heavy atom. The normalized spacial score (nSPS) is 11.7. The number of aliphatic imine (C=N–C) groups is 1. The van der Waals surface area contributed by atoms with Crippen molar-refractivity contribution < 1.29 is 0 Å². The maximum atomic E-state index is 5.87. The summed E-state index contributed by atoms with van der Waals surface area (Å²) in [5.41, 5.74) is 10.3. The van der Waals surface area contributed by atoms with Crippen LogP contribution in [0.15, 0.2) is 35.3 Å². The number of rotatable bonds is 5. The van der Waals surface area contributed by atoms with Crippen molar-refractivity contribution in [1.82, 2.24) is 9.78 Å². The number of aryl methyl sites for hydroxylation is 4. The van der Waals surface area contributed by atoms with Gasteiger partial charge in [0, 0.05) is 24.5 Å². The summed E-state index contributed by atoms with van der Waals surface area (Å²) in [6.45, 7) is 7.67. The molecule has 0 unspecified atom stereocenters. The molecule has 0 saturated heterocycles. The molecule has 5 nitrogen and oxygen atoms in total. The molecule has 0 aliphatic rings. The van der Waals surface area contributed by atoms with Crippen LogP contribution in [0.5, 0.6) is 0 Å². The van der Waals surface area contributed by atoms with Crippen molar-refractivity contribution in [1.29, 1.82) is 0 Å². The molecule has 0 amide bonds.